The number of hydrogen-bond donors (Lipinski definition) is 2. The largest absolute Gasteiger partial charge is 0.481 e. The Hall–Kier alpha value is -1.93. The van der Waals surface area contributed by atoms with Crippen LogP contribution in [0.5, 0.6) is 0 Å². The number of fused-ring (bicyclic) bond motifs is 1. The summed E-state index contributed by atoms with van der Waals surface area (Å²) in [5.74, 6) is -0.940. The van der Waals surface area contributed by atoms with Crippen molar-refractivity contribution < 1.29 is 23.1 Å². The second kappa shape index (κ2) is 7.75. The van der Waals surface area contributed by atoms with E-state index in [0.29, 0.717) is 25.9 Å². The van der Waals surface area contributed by atoms with Gasteiger partial charge in [-0.15, -0.1) is 0 Å². The summed E-state index contributed by atoms with van der Waals surface area (Å²) in [6, 6.07) is 5.03. The van der Waals surface area contributed by atoms with Crippen molar-refractivity contribution in [2.75, 3.05) is 13.1 Å². The Labute approximate surface area is 154 Å². The van der Waals surface area contributed by atoms with Gasteiger partial charge in [0.1, 0.15) is 0 Å². The number of carboxylic acid groups (broad SMARTS) is 1. The van der Waals surface area contributed by atoms with Crippen molar-refractivity contribution in [3.05, 3.63) is 29.3 Å². The van der Waals surface area contributed by atoms with Crippen molar-refractivity contribution in [2.45, 2.75) is 56.9 Å². The number of hydrogen-bond acceptors (Lipinski definition) is 4. The summed E-state index contributed by atoms with van der Waals surface area (Å²) >= 11 is 0. The van der Waals surface area contributed by atoms with E-state index in [2.05, 4.69) is 4.72 Å². The molecule has 0 spiro atoms. The number of carbonyl (C=O) groups is 2. The van der Waals surface area contributed by atoms with Gasteiger partial charge in [0.25, 0.3) is 0 Å². The fourth-order valence-corrected chi connectivity index (χ4v) is 4.57. The highest BCUT2D eigenvalue weighted by Gasteiger charge is 2.27. The van der Waals surface area contributed by atoms with Crippen molar-refractivity contribution in [1.29, 1.82) is 0 Å². The first-order valence-corrected chi connectivity index (χ1v) is 10.1. The van der Waals surface area contributed by atoms with Gasteiger partial charge in [-0.3, -0.25) is 9.59 Å². The van der Waals surface area contributed by atoms with Crippen molar-refractivity contribution in [2.24, 2.45) is 0 Å². The maximum Gasteiger partial charge on any atom is 0.303 e. The highest BCUT2D eigenvalue weighted by atomic mass is 32.2. The Morgan fingerprint density at radius 3 is 2.38 bits per heavy atom. The number of nitrogens with one attached hydrogen (secondary N) is 1. The van der Waals surface area contributed by atoms with Crippen LogP contribution in [0.4, 0.5) is 0 Å². The fourth-order valence-electron chi connectivity index (χ4n) is 3.08. The Morgan fingerprint density at radius 1 is 1.19 bits per heavy atom. The molecule has 144 valence electrons. The Bertz CT molecular complexity index is 802. The minimum absolute atomic E-state index is 0.0208. The molecule has 1 aliphatic heterocycles. The molecule has 0 fully saturated rings. The van der Waals surface area contributed by atoms with Crippen LogP contribution >= 0.6 is 0 Å². The van der Waals surface area contributed by atoms with Gasteiger partial charge >= 0.3 is 5.97 Å². The van der Waals surface area contributed by atoms with E-state index in [-0.39, 0.29) is 23.6 Å². The lowest BCUT2D eigenvalue weighted by atomic mass is 10.0. The van der Waals surface area contributed by atoms with E-state index < -0.39 is 21.5 Å². The topological polar surface area (TPSA) is 104 Å². The first-order valence-electron chi connectivity index (χ1n) is 8.63. The van der Waals surface area contributed by atoms with Gasteiger partial charge in [0.05, 0.1) is 4.90 Å². The van der Waals surface area contributed by atoms with Crippen molar-refractivity contribution in [3.8, 4) is 0 Å². The Morgan fingerprint density at radius 2 is 1.81 bits per heavy atom. The number of amides is 1. The molecule has 8 heteroatoms. The summed E-state index contributed by atoms with van der Waals surface area (Å²) in [6.45, 7) is 6.08. The third kappa shape index (κ3) is 5.28. The van der Waals surface area contributed by atoms with Crippen LogP contribution in [0, 0.1) is 0 Å². The summed E-state index contributed by atoms with van der Waals surface area (Å²) in [7, 11) is -3.76. The second-order valence-electron chi connectivity index (χ2n) is 7.32. The van der Waals surface area contributed by atoms with Crippen molar-refractivity contribution in [3.63, 3.8) is 0 Å². The maximum absolute atomic E-state index is 12.7. The highest BCUT2D eigenvalue weighted by molar-refractivity contribution is 7.89. The van der Waals surface area contributed by atoms with Crippen LogP contribution in [0.2, 0.25) is 0 Å². The summed E-state index contributed by atoms with van der Waals surface area (Å²) in [6.07, 6.45) is 1.40. The molecule has 7 nitrogen and oxygen atoms in total. The van der Waals surface area contributed by atoms with E-state index in [1.807, 2.05) is 0 Å². The molecule has 0 unspecified atom stereocenters. The van der Waals surface area contributed by atoms with Crippen LogP contribution in [0.15, 0.2) is 23.1 Å². The minimum Gasteiger partial charge on any atom is -0.481 e. The molecule has 1 aromatic rings. The van der Waals surface area contributed by atoms with Crippen LogP contribution in [-0.4, -0.2) is 48.9 Å². The zero-order valence-electron chi connectivity index (χ0n) is 15.4. The molecule has 1 aliphatic rings. The molecule has 2 rings (SSSR count). The molecular formula is C18H26N2O5S. The summed E-state index contributed by atoms with van der Waals surface area (Å²) < 4.78 is 28.0. The predicted octanol–water partition coefficient (Wildman–Crippen LogP) is 1.56. The lowest BCUT2D eigenvalue weighted by Gasteiger charge is -2.25. The fraction of sp³-hybridized carbons (Fsp3) is 0.556. The third-order valence-electron chi connectivity index (χ3n) is 4.61. The number of sulfonamides is 1. The van der Waals surface area contributed by atoms with Gasteiger partial charge in [0.15, 0.2) is 0 Å². The molecule has 0 atom stereocenters. The van der Waals surface area contributed by atoms with Crippen LogP contribution in [0.1, 0.15) is 44.7 Å². The van der Waals surface area contributed by atoms with E-state index in [0.717, 1.165) is 11.1 Å². The minimum atomic E-state index is -3.76. The van der Waals surface area contributed by atoms with Gasteiger partial charge in [0.2, 0.25) is 15.9 Å². The maximum atomic E-state index is 12.7. The SMILES string of the molecule is CC(=O)N1CCc2ccc(S(=O)(=O)NC(C)(C)CCC(=O)O)cc2CC1. The molecule has 0 radical (unpaired) electrons. The molecule has 0 saturated heterocycles. The van der Waals surface area contributed by atoms with E-state index in [4.69, 9.17) is 5.11 Å². The Balaban J connectivity index is 2.19. The second-order valence-corrected chi connectivity index (χ2v) is 9.00. The number of nitrogens with zero attached hydrogens (tertiary/aromatic N) is 1. The number of carboxylic acids is 1. The zero-order chi connectivity index (χ0) is 19.5. The van der Waals surface area contributed by atoms with E-state index in [1.54, 1.807) is 36.9 Å². The quantitative estimate of drug-likeness (QED) is 0.777. The molecule has 0 aromatic heterocycles. The number of carbonyl (C=O) groups excluding carboxylic acids is 1. The summed E-state index contributed by atoms with van der Waals surface area (Å²) in [5, 5.41) is 8.81. The third-order valence-corrected chi connectivity index (χ3v) is 6.31. The van der Waals surface area contributed by atoms with Gasteiger partial charge in [0, 0.05) is 32.0 Å². The molecule has 2 N–H and O–H groups in total. The molecule has 0 bridgehead atoms. The number of rotatable bonds is 6. The van der Waals surface area contributed by atoms with Crippen LogP contribution < -0.4 is 4.72 Å². The van der Waals surface area contributed by atoms with Crippen LogP contribution in [-0.2, 0) is 32.5 Å². The first-order chi connectivity index (χ1) is 12.0. The smallest absolute Gasteiger partial charge is 0.303 e. The van der Waals surface area contributed by atoms with Gasteiger partial charge in [-0.05, 0) is 56.4 Å². The normalized spacial score (nSPS) is 15.3. The molecule has 0 saturated carbocycles. The van der Waals surface area contributed by atoms with Gasteiger partial charge in [-0.25, -0.2) is 13.1 Å². The van der Waals surface area contributed by atoms with Gasteiger partial charge < -0.3 is 10.0 Å². The molecule has 1 heterocycles. The molecule has 26 heavy (non-hydrogen) atoms. The Kier molecular flexibility index (Phi) is 6.08. The molecule has 0 aliphatic carbocycles. The standard InChI is InChI=1S/C18H26N2O5S/c1-13(21)20-10-7-14-4-5-16(12-15(14)8-11-20)26(24,25)19-18(2,3)9-6-17(22)23/h4-5,12,19H,6-11H2,1-3H3,(H,22,23). The molecule has 1 amide bonds. The lowest BCUT2D eigenvalue weighted by molar-refractivity contribution is -0.137. The van der Waals surface area contributed by atoms with E-state index in [9.17, 15) is 18.0 Å². The lowest BCUT2D eigenvalue weighted by Crippen LogP contribution is -2.43. The number of aliphatic carboxylic acids is 1. The summed E-state index contributed by atoms with van der Waals surface area (Å²) in [5.41, 5.74) is 1.12. The highest BCUT2D eigenvalue weighted by Crippen LogP contribution is 2.22. The first kappa shape index (κ1) is 20.4. The van der Waals surface area contributed by atoms with Gasteiger partial charge in [-0.1, -0.05) is 6.07 Å². The van der Waals surface area contributed by atoms with Crippen LogP contribution in [0.3, 0.4) is 0 Å². The average molecular weight is 382 g/mol. The summed E-state index contributed by atoms with van der Waals surface area (Å²) in [4.78, 5) is 24.2. The van der Waals surface area contributed by atoms with E-state index in [1.165, 1.54) is 6.92 Å². The average Bonchev–Trinajstić information content (AvgIpc) is 2.74. The van der Waals surface area contributed by atoms with Gasteiger partial charge in [-0.2, -0.15) is 0 Å². The van der Waals surface area contributed by atoms with Crippen LogP contribution in [0.25, 0.3) is 0 Å². The number of benzene rings is 1. The monoisotopic (exact) mass is 382 g/mol. The zero-order valence-corrected chi connectivity index (χ0v) is 16.2. The van der Waals surface area contributed by atoms with Crippen molar-refractivity contribution >= 4 is 21.9 Å². The molecular weight excluding hydrogens is 356 g/mol. The predicted molar refractivity (Wildman–Crippen MR) is 97.4 cm³/mol. The molecule has 1 aromatic carbocycles. The van der Waals surface area contributed by atoms with E-state index >= 15 is 0 Å². The van der Waals surface area contributed by atoms with Crippen molar-refractivity contribution in [1.82, 2.24) is 9.62 Å².